The standard InChI is InChI=1S/C17H19NO/c1-11-5-4-6-14-10-15(18-17(11)14)13-7-8-16(19-3)12(2)9-13/h4-9,15,18H,10H2,1-3H3. The van der Waals surface area contributed by atoms with E-state index in [1.807, 2.05) is 0 Å². The molecule has 0 saturated carbocycles. The molecule has 0 aromatic heterocycles. The number of anilines is 1. The number of aryl methyl sites for hydroxylation is 2. The zero-order chi connectivity index (χ0) is 13.4. The van der Waals surface area contributed by atoms with Crippen molar-refractivity contribution in [3.05, 3.63) is 58.7 Å². The Balaban J connectivity index is 1.91. The summed E-state index contributed by atoms with van der Waals surface area (Å²) < 4.78 is 5.32. The first-order chi connectivity index (χ1) is 9.19. The molecule has 0 aliphatic carbocycles. The maximum absolute atomic E-state index is 5.32. The van der Waals surface area contributed by atoms with Gasteiger partial charge < -0.3 is 10.1 Å². The largest absolute Gasteiger partial charge is 0.496 e. The van der Waals surface area contributed by atoms with Gasteiger partial charge in [0.15, 0.2) is 0 Å². The fourth-order valence-corrected chi connectivity index (χ4v) is 2.87. The van der Waals surface area contributed by atoms with Gasteiger partial charge in [0.25, 0.3) is 0 Å². The molecule has 0 radical (unpaired) electrons. The van der Waals surface area contributed by atoms with Crippen molar-refractivity contribution in [2.24, 2.45) is 0 Å². The molecular formula is C17H19NO. The van der Waals surface area contributed by atoms with Crippen LogP contribution in [-0.4, -0.2) is 7.11 Å². The summed E-state index contributed by atoms with van der Waals surface area (Å²) in [5, 5.41) is 3.64. The van der Waals surface area contributed by atoms with Crippen LogP contribution < -0.4 is 10.1 Å². The second kappa shape index (κ2) is 4.61. The molecule has 0 saturated heterocycles. The molecule has 0 spiro atoms. The third-order valence-electron chi connectivity index (χ3n) is 3.92. The summed E-state index contributed by atoms with van der Waals surface area (Å²) in [6, 6.07) is 13.3. The van der Waals surface area contributed by atoms with Crippen molar-refractivity contribution in [1.29, 1.82) is 0 Å². The number of ether oxygens (including phenoxy) is 1. The van der Waals surface area contributed by atoms with E-state index in [1.165, 1.54) is 27.9 Å². The summed E-state index contributed by atoms with van der Waals surface area (Å²) in [4.78, 5) is 0. The average Bonchev–Trinajstić information content (AvgIpc) is 2.84. The summed E-state index contributed by atoms with van der Waals surface area (Å²) in [5.74, 6) is 0.954. The number of hydrogen-bond donors (Lipinski definition) is 1. The normalized spacial score (nSPS) is 16.9. The summed E-state index contributed by atoms with van der Waals surface area (Å²) in [7, 11) is 1.72. The Morgan fingerprint density at radius 2 is 1.95 bits per heavy atom. The molecule has 2 heteroatoms. The Labute approximate surface area is 114 Å². The van der Waals surface area contributed by atoms with Gasteiger partial charge in [0.05, 0.1) is 13.2 Å². The quantitative estimate of drug-likeness (QED) is 0.872. The van der Waals surface area contributed by atoms with E-state index in [1.54, 1.807) is 7.11 Å². The molecule has 2 nitrogen and oxygen atoms in total. The Kier molecular flexibility index (Phi) is 2.94. The Morgan fingerprint density at radius 1 is 1.11 bits per heavy atom. The molecule has 1 heterocycles. The van der Waals surface area contributed by atoms with Crippen LogP contribution in [0.25, 0.3) is 0 Å². The van der Waals surface area contributed by atoms with Crippen molar-refractivity contribution in [3.8, 4) is 5.75 Å². The predicted octanol–water partition coefficient (Wildman–Crippen LogP) is 4.02. The Bertz CT molecular complexity index is 619. The number of para-hydroxylation sites is 1. The van der Waals surface area contributed by atoms with Crippen molar-refractivity contribution < 1.29 is 4.74 Å². The average molecular weight is 253 g/mol. The fourth-order valence-electron chi connectivity index (χ4n) is 2.87. The lowest BCUT2D eigenvalue weighted by Gasteiger charge is -2.14. The van der Waals surface area contributed by atoms with E-state index in [0.717, 1.165) is 12.2 Å². The van der Waals surface area contributed by atoms with E-state index in [9.17, 15) is 0 Å². The van der Waals surface area contributed by atoms with E-state index in [2.05, 4.69) is 55.6 Å². The highest BCUT2D eigenvalue weighted by molar-refractivity contribution is 5.63. The van der Waals surface area contributed by atoms with Gasteiger partial charge in [0.2, 0.25) is 0 Å². The molecule has 98 valence electrons. The molecule has 1 unspecified atom stereocenters. The SMILES string of the molecule is COc1ccc(C2Cc3cccc(C)c3N2)cc1C. The minimum absolute atomic E-state index is 0.376. The van der Waals surface area contributed by atoms with E-state index in [4.69, 9.17) is 4.74 Å². The summed E-state index contributed by atoms with van der Waals surface area (Å²) >= 11 is 0. The number of rotatable bonds is 2. The second-order valence-corrected chi connectivity index (χ2v) is 5.24. The lowest BCUT2D eigenvalue weighted by molar-refractivity contribution is 0.411. The van der Waals surface area contributed by atoms with Crippen LogP contribution in [0.2, 0.25) is 0 Å². The lowest BCUT2D eigenvalue weighted by Crippen LogP contribution is -2.06. The van der Waals surface area contributed by atoms with Crippen LogP contribution in [-0.2, 0) is 6.42 Å². The van der Waals surface area contributed by atoms with Crippen LogP contribution in [0, 0.1) is 13.8 Å². The van der Waals surface area contributed by atoms with Gasteiger partial charge in [-0.25, -0.2) is 0 Å². The molecule has 1 N–H and O–H groups in total. The molecule has 0 bridgehead atoms. The first-order valence-electron chi connectivity index (χ1n) is 6.68. The third-order valence-corrected chi connectivity index (χ3v) is 3.92. The topological polar surface area (TPSA) is 21.3 Å². The van der Waals surface area contributed by atoms with E-state index in [-0.39, 0.29) is 0 Å². The molecular weight excluding hydrogens is 234 g/mol. The van der Waals surface area contributed by atoms with Crippen molar-refractivity contribution in [2.75, 3.05) is 12.4 Å². The highest BCUT2D eigenvalue weighted by Gasteiger charge is 2.23. The van der Waals surface area contributed by atoms with Gasteiger partial charge in [-0.2, -0.15) is 0 Å². The number of methoxy groups -OCH3 is 1. The van der Waals surface area contributed by atoms with Crippen LogP contribution in [0.3, 0.4) is 0 Å². The first kappa shape index (κ1) is 12.1. The smallest absolute Gasteiger partial charge is 0.121 e. The minimum atomic E-state index is 0.376. The Hall–Kier alpha value is -1.96. The first-order valence-corrected chi connectivity index (χ1v) is 6.68. The highest BCUT2D eigenvalue weighted by atomic mass is 16.5. The molecule has 0 amide bonds. The van der Waals surface area contributed by atoms with Crippen LogP contribution in [0.5, 0.6) is 5.75 Å². The zero-order valence-corrected chi connectivity index (χ0v) is 11.7. The third kappa shape index (κ3) is 2.07. The molecule has 1 atom stereocenters. The van der Waals surface area contributed by atoms with Gasteiger partial charge in [-0.05, 0) is 48.6 Å². The van der Waals surface area contributed by atoms with Crippen molar-refractivity contribution >= 4 is 5.69 Å². The zero-order valence-electron chi connectivity index (χ0n) is 11.7. The Morgan fingerprint density at radius 3 is 2.63 bits per heavy atom. The van der Waals surface area contributed by atoms with Crippen LogP contribution >= 0.6 is 0 Å². The van der Waals surface area contributed by atoms with Gasteiger partial charge in [0.1, 0.15) is 5.75 Å². The molecule has 19 heavy (non-hydrogen) atoms. The molecule has 2 aromatic rings. The number of benzene rings is 2. The van der Waals surface area contributed by atoms with E-state index < -0.39 is 0 Å². The number of nitrogens with one attached hydrogen (secondary N) is 1. The maximum Gasteiger partial charge on any atom is 0.121 e. The fraction of sp³-hybridized carbons (Fsp3) is 0.294. The number of fused-ring (bicyclic) bond motifs is 1. The summed E-state index contributed by atoms with van der Waals surface area (Å²) in [6.07, 6.45) is 1.06. The van der Waals surface area contributed by atoms with Gasteiger partial charge in [0, 0.05) is 5.69 Å². The summed E-state index contributed by atoms with van der Waals surface area (Å²) in [6.45, 7) is 4.25. The summed E-state index contributed by atoms with van der Waals surface area (Å²) in [5.41, 5.74) is 6.56. The number of hydrogen-bond acceptors (Lipinski definition) is 2. The molecule has 3 rings (SSSR count). The highest BCUT2D eigenvalue weighted by Crippen LogP contribution is 2.37. The monoisotopic (exact) mass is 253 g/mol. The van der Waals surface area contributed by atoms with Crippen molar-refractivity contribution in [1.82, 2.24) is 0 Å². The molecule has 0 fully saturated rings. The molecule has 1 aliphatic rings. The van der Waals surface area contributed by atoms with Gasteiger partial charge in [-0.1, -0.05) is 30.3 Å². The van der Waals surface area contributed by atoms with Gasteiger partial charge in [-0.3, -0.25) is 0 Å². The predicted molar refractivity (Wildman–Crippen MR) is 79.0 cm³/mol. The van der Waals surface area contributed by atoms with Crippen molar-refractivity contribution in [3.63, 3.8) is 0 Å². The van der Waals surface area contributed by atoms with Crippen LogP contribution in [0.15, 0.2) is 36.4 Å². The van der Waals surface area contributed by atoms with E-state index in [0.29, 0.717) is 6.04 Å². The van der Waals surface area contributed by atoms with Crippen LogP contribution in [0.1, 0.15) is 28.3 Å². The van der Waals surface area contributed by atoms with Crippen LogP contribution in [0.4, 0.5) is 5.69 Å². The maximum atomic E-state index is 5.32. The van der Waals surface area contributed by atoms with Gasteiger partial charge in [-0.15, -0.1) is 0 Å². The van der Waals surface area contributed by atoms with E-state index >= 15 is 0 Å². The van der Waals surface area contributed by atoms with Gasteiger partial charge >= 0.3 is 0 Å². The molecule has 1 aliphatic heterocycles. The van der Waals surface area contributed by atoms with Crippen molar-refractivity contribution in [2.45, 2.75) is 26.3 Å². The minimum Gasteiger partial charge on any atom is -0.496 e. The second-order valence-electron chi connectivity index (χ2n) is 5.24. The molecule has 2 aromatic carbocycles. The lowest BCUT2D eigenvalue weighted by atomic mass is 10.0.